The fourth-order valence-electron chi connectivity index (χ4n) is 3.34. The van der Waals surface area contributed by atoms with Crippen LogP contribution < -0.4 is 19.5 Å². The molecule has 1 unspecified atom stereocenters. The van der Waals surface area contributed by atoms with E-state index < -0.39 is 11.7 Å². The summed E-state index contributed by atoms with van der Waals surface area (Å²) < 4.78 is 30.4. The molecule has 1 heterocycles. The van der Waals surface area contributed by atoms with Crippen molar-refractivity contribution < 1.29 is 23.4 Å². The second-order valence-corrected chi connectivity index (χ2v) is 6.15. The summed E-state index contributed by atoms with van der Waals surface area (Å²) in [5.74, 6) is 0.206. The monoisotopic (exact) mass is 410 g/mol. The number of para-hydroxylation sites is 1. The zero-order valence-corrected chi connectivity index (χ0v) is 16.8. The van der Waals surface area contributed by atoms with Gasteiger partial charge in [-0.3, -0.25) is 4.79 Å². The normalized spacial score (nSPS) is 16.1. The topological polar surface area (TPSA) is 60.0 Å². The molecule has 2 aromatic rings. The Balaban J connectivity index is 0.00000280. The second kappa shape index (κ2) is 9.61. The SMILES string of the molecule is COc1cc(F)c(C(=O)N2CCNCC2c2ccccc2OC)cc1OC.Cl. The van der Waals surface area contributed by atoms with Crippen LogP contribution in [0.4, 0.5) is 4.39 Å². The maximum absolute atomic E-state index is 14.6. The van der Waals surface area contributed by atoms with Crippen LogP contribution in [0.25, 0.3) is 0 Å². The molecule has 0 spiro atoms. The molecule has 0 aliphatic carbocycles. The Morgan fingerprint density at radius 1 is 1.07 bits per heavy atom. The number of nitrogens with zero attached hydrogens (tertiary/aromatic N) is 1. The van der Waals surface area contributed by atoms with Crippen molar-refractivity contribution >= 4 is 18.3 Å². The van der Waals surface area contributed by atoms with Gasteiger partial charge < -0.3 is 24.4 Å². The Labute approximate surface area is 170 Å². The molecular weight excluding hydrogens is 387 g/mol. The highest BCUT2D eigenvalue weighted by atomic mass is 35.5. The number of hydrogen-bond donors (Lipinski definition) is 1. The van der Waals surface area contributed by atoms with Gasteiger partial charge in [-0.15, -0.1) is 12.4 Å². The quantitative estimate of drug-likeness (QED) is 0.821. The number of piperazine rings is 1. The Morgan fingerprint density at radius 2 is 1.71 bits per heavy atom. The second-order valence-electron chi connectivity index (χ2n) is 6.15. The number of nitrogens with one attached hydrogen (secondary N) is 1. The first kappa shape index (κ1) is 21.8. The number of methoxy groups -OCH3 is 3. The van der Waals surface area contributed by atoms with Crippen molar-refractivity contribution in [1.82, 2.24) is 10.2 Å². The molecule has 1 aliphatic heterocycles. The van der Waals surface area contributed by atoms with Crippen LogP contribution in [-0.4, -0.2) is 51.8 Å². The zero-order valence-electron chi connectivity index (χ0n) is 16.0. The van der Waals surface area contributed by atoms with E-state index in [1.165, 1.54) is 26.4 Å². The van der Waals surface area contributed by atoms with E-state index in [0.717, 1.165) is 5.56 Å². The Hall–Kier alpha value is -2.51. The van der Waals surface area contributed by atoms with Crippen LogP contribution in [0, 0.1) is 5.82 Å². The van der Waals surface area contributed by atoms with Gasteiger partial charge in [0.1, 0.15) is 11.6 Å². The summed E-state index contributed by atoms with van der Waals surface area (Å²) in [4.78, 5) is 14.9. The maximum atomic E-state index is 14.6. The molecule has 8 heteroatoms. The summed E-state index contributed by atoms with van der Waals surface area (Å²) in [6.07, 6.45) is 0. The summed E-state index contributed by atoms with van der Waals surface area (Å²) in [7, 11) is 4.47. The van der Waals surface area contributed by atoms with Gasteiger partial charge in [-0.1, -0.05) is 18.2 Å². The number of ether oxygens (including phenoxy) is 3. The highest BCUT2D eigenvalue weighted by molar-refractivity contribution is 5.95. The Morgan fingerprint density at radius 3 is 2.39 bits per heavy atom. The predicted octanol–water partition coefficient (Wildman–Crippen LogP) is 3.06. The van der Waals surface area contributed by atoms with Crippen LogP contribution in [0.3, 0.4) is 0 Å². The standard InChI is InChI=1S/C20H23FN2O4.ClH/c1-25-17-7-5-4-6-13(17)16-12-22-8-9-23(16)20(24)14-10-18(26-2)19(27-3)11-15(14)21;/h4-7,10-11,16,22H,8-9,12H2,1-3H3;1H. The third kappa shape index (κ3) is 4.15. The average Bonchev–Trinajstić information content (AvgIpc) is 2.72. The van der Waals surface area contributed by atoms with Gasteiger partial charge in [0.2, 0.25) is 0 Å². The molecule has 2 aromatic carbocycles. The lowest BCUT2D eigenvalue weighted by Gasteiger charge is -2.37. The molecule has 1 atom stereocenters. The van der Waals surface area contributed by atoms with Crippen LogP contribution in [0.15, 0.2) is 36.4 Å². The molecule has 0 aromatic heterocycles. The minimum absolute atomic E-state index is 0. The van der Waals surface area contributed by atoms with Crippen molar-refractivity contribution in [2.45, 2.75) is 6.04 Å². The summed E-state index contributed by atoms with van der Waals surface area (Å²) in [6.45, 7) is 1.64. The number of carbonyl (C=O) groups is 1. The van der Waals surface area contributed by atoms with Gasteiger partial charge in [0.25, 0.3) is 5.91 Å². The molecule has 1 amide bonds. The maximum Gasteiger partial charge on any atom is 0.257 e. The first-order valence-electron chi connectivity index (χ1n) is 8.66. The van der Waals surface area contributed by atoms with Gasteiger partial charge in [0, 0.05) is 31.3 Å². The first-order chi connectivity index (χ1) is 13.1. The summed E-state index contributed by atoms with van der Waals surface area (Å²) in [5.41, 5.74) is 0.830. The predicted molar refractivity (Wildman–Crippen MR) is 106 cm³/mol. The summed E-state index contributed by atoms with van der Waals surface area (Å²) in [5, 5.41) is 3.29. The van der Waals surface area contributed by atoms with Gasteiger partial charge in [-0.05, 0) is 12.1 Å². The molecule has 1 N–H and O–H groups in total. The van der Waals surface area contributed by atoms with E-state index >= 15 is 0 Å². The van der Waals surface area contributed by atoms with Crippen molar-refractivity contribution in [1.29, 1.82) is 0 Å². The molecule has 1 fully saturated rings. The molecule has 3 rings (SSSR count). The third-order valence-corrected chi connectivity index (χ3v) is 4.71. The largest absolute Gasteiger partial charge is 0.496 e. The van der Waals surface area contributed by atoms with Crippen molar-refractivity contribution in [3.05, 3.63) is 53.3 Å². The highest BCUT2D eigenvalue weighted by Crippen LogP contribution is 2.34. The van der Waals surface area contributed by atoms with Crippen LogP contribution in [0.5, 0.6) is 17.2 Å². The third-order valence-electron chi connectivity index (χ3n) is 4.71. The minimum Gasteiger partial charge on any atom is -0.496 e. The van der Waals surface area contributed by atoms with Crippen LogP contribution in [0.2, 0.25) is 0 Å². The molecule has 152 valence electrons. The highest BCUT2D eigenvalue weighted by Gasteiger charge is 2.32. The summed E-state index contributed by atoms with van der Waals surface area (Å²) in [6, 6.07) is 9.83. The lowest BCUT2D eigenvalue weighted by molar-refractivity contribution is 0.0626. The van der Waals surface area contributed by atoms with Crippen LogP contribution in [0.1, 0.15) is 22.0 Å². The fourth-order valence-corrected chi connectivity index (χ4v) is 3.34. The van der Waals surface area contributed by atoms with Crippen molar-refractivity contribution in [3.8, 4) is 17.2 Å². The van der Waals surface area contributed by atoms with E-state index in [9.17, 15) is 9.18 Å². The number of halogens is 2. The number of hydrogen-bond acceptors (Lipinski definition) is 5. The van der Waals surface area contributed by atoms with E-state index in [1.54, 1.807) is 12.0 Å². The molecule has 6 nitrogen and oxygen atoms in total. The minimum atomic E-state index is -0.644. The lowest BCUT2D eigenvalue weighted by Crippen LogP contribution is -2.49. The molecule has 1 saturated heterocycles. The van der Waals surface area contributed by atoms with E-state index in [1.807, 2.05) is 24.3 Å². The van der Waals surface area contributed by atoms with E-state index in [0.29, 0.717) is 31.1 Å². The summed E-state index contributed by atoms with van der Waals surface area (Å²) >= 11 is 0. The van der Waals surface area contributed by atoms with E-state index in [-0.39, 0.29) is 29.8 Å². The molecule has 1 aliphatic rings. The molecular formula is C20H24ClFN2O4. The fraction of sp³-hybridized carbons (Fsp3) is 0.350. The van der Waals surface area contributed by atoms with Crippen LogP contribution >= 0.6 is 12.4 Å². The van der Waals surface area contributed by atoms with Gasteiger partial charge in [-0.25, -0.2) is 4.39 Å². The van der Waals surface area contributed by atoms with Crippen molar-refractivity contribution in [2.24, 2.45) is 0 Å². The average molecular weight is 411 g/mol. The van der Waals surface area contributed by atoms with Crippen molar-refractivity contribution in [2.75, 3.05) is 41.0 Å². The Kier molecular flexibility index (Phi) is 7.48. The zero-order chi connectivity index (χ0) is 19.4. The van der Waals surface area contributed by atoms with Crippen LogP contribution in [-0.2, 0) is 0 Å². The first-order valence-corrected chi connectivity index (χ1v) is 8.66. The van der Waals surface area contributed by atoms with Gasteiger partial charge in [0.05, 0.1) is 32.9 Å². The number of amides is 1. The number of rotatable bonds is 5. The molecule has 28 heavy (non-hydrogen) atoms. The molecule has 0 saturated carbocycles. The van der Waals surface area contributed by atoms with Gasteiger partial charge >= 0.3 is 0 Å². The number of carbonyl (C=O) groups excluding carboxylic acids is 1. The molecule has 0 bridgehead atoms. The molecule has 0 radical (unpaired) electrons. The van der Waals surface area contributed by atoms with E-state index in [4.69, 9.17) is 14.2 Å². The smallest absolute Gasteiger partial charge is 0.257 e. The lowest BCUT2D eigenvalue weighted by atomic mass is 10.0. The van der Waals surface area contributed by atoms with Gasteiger partial charge in [-0.2, -0.15) is 0 Å². The number of benzene rings is 2. The van der Waals surface area contributed by atoms with E-state index in [2.05, 4.69) is 5.32 Å². The van der Waals surface area contributed by atoms with Crippen molar-refractivity contribution in [3.63, 3.8) is 0 Å². The Bertz CT molecular complexity index is 834. The van der Waals surface area contributed by atoms with Gasteiger partial charge in [0.15, 0.2) is 11.5 Å².